The van der Waals surface area contributed by atoms with Crippen LogP contribution in [0.15, 0.2) is 0 Å². The lowest BCUT2D eigenvalue weighted by Gasteiger charge is -1.91. The molecule has 4 nitrogen and oxygen atoms in total. The van der Waals surface area contributed by atoms with Gasteiger partial charge in [-0.15, -0.1) is 0 Å². The Morgan fingerprint density at radius 1 is 1.86 bits per heavy atom. The lowest BCUT2D eigenvalue weighted by molar-refractivity contribution is -0.371. The van der Waals surface area contributed by atoms with Gasteiger partial charge in [-0.25, -0.2) is 4.79 Å². The number of carbonyl (C=O) groups excluding carboxylic acids is 1. The second-order valence-corrected chi connectivity index (χ2v) is 1.02. The molecule has 0 heterocycles. The van der Waals surface area contributed by atoms with E-state index in [1.54, 1.807) is 0 Å². The Kier molecular flexibility index (Phi) is 3.04. The Morgan fingerprint density at radius 2 is 2.43 bits per heavy atom. The number of nitrogens with two attached hydrogens (primary N) is 1. The Hall–Kier alpha value is -0.770. The summed E-state index contributed by atoms with van der Waals surface area (Å²) in [5.41, 5.74) is 8.01. The number of ether oxygens (including phenoxy) is 1. The third kappa shape index (κ3) is 5.23. The van der Waals surface area contributed by atoms with Gasteiger partial charge in [0.2, 0.25) is 0 Å². The Balaban J connectivity index is 2.82. The maximum atomic E-state index is 9.73. The number of primary amides is 1. The van der Waals surface area contributed by atoms with E-state index in [-0.39, 0.29) is 0 Å². The van der Waals surface area contributed by atoms with E-state index >= 15 is 0 Å². The minimum atomic E-state index is -0.733. The number of hydrogen-bond acceptors (Lipinski definition) is 2. The van der Waals surface area contributed by atoms with Crippen molar-refractivity contribution >= 4 is 6.09 Å². The van der Waals surface area contributed by atoms with Gasteiger partial charge in [0, 0.05) is 0 Å². The standard InChI is InChI=1S/C3H8N2O2/c4-1-2-7-3(5)6/h1-2,4H2,(H2,5,6)/p+1. The molecule has 0 aliphatic rings. The van der Waals surface area contributed by atoms with Crippen molar-refractivity contribution in [1.82, 2.24) is 0 Å². The highest BCUT2D eigenvalue weighted by molar-refractivity contribution is 5.64. The van der Waals surface area contributed by atoms with Gasteiger partial charge in [-0.3, -0.25) is 0 Å². The van der Waals surface area contributed by atoms with Crippen LogP contribution in [0.3, 0.4) is 0 Å². The average molecular weight is 105 g/mol. The van der Waals surface area contributed by atoms with Gasteiger partial charge in [-0.1, -0.05) is 0 Å². The number of quaternary nitrogens is 1. The fourth-order valence-electron chi connectivity index (χ4n) is 0.173. The molecule has 0 atom stereocenters. The first kappa shape index (κ1) is 6.23. The molecule has 0 fully saturated rings. The lowest BCUT2D eigenvalue weighted by atomic mass is 10.7. The van der Waals surface area contributed by atoms with Crippen molar-refractivity contribution in [1.29, 1.82) is 0 Å². The van der Waals surface area contributed by atoms with E-state index in [0.717, 1.165) is 0 Å². The smallest absolute Gasteiger partial charge is 0.404 e. The minimum absolute atomic E-state index is 0.315. The SMILES string of the molecule is NC(=O)OCC[NH3+]. The largest absolute Gasteiger partial charge is 0.444 e. The molecule has 0 spiro atoms. The first-order valence-corrected chi connectivity index (χ1v) is 1.99. The number of carbonyl (C=O) groups is 1. The summed E-state index contributed by atoms with van der Waals surface area (Å²) < 4.78 is 4.27. The van der Waals surface area contributed by atoms with Crippen LogP contribution < -0.4 is 11.5 Å². The monoisotopic (exact) mass is 105 g/mol. The van der Waals surface area contributed by atoms with Gasteiger partial charge in [0.15, 0.2) is 0 Å². The normalized spacial score (nSPS) is 8.14. The highest BCUT2D eigenvalue weighted by atomic mass is 16.5. The molecule has 0 aliphatic heterocycles. The van der Waals surface area contributed by atoms with Crippen LogP contribution in [-0.4, -0.2) is 19.2 Å². The molecule has 42 valence electrons. The Labute approximate surface area is 41.4 Å². The Bertz CT molecular complexity index is 64.0. The lowest BCUT2D eigenvalue weighted by Crippen LogP contribution is -2.52. The second kappa shape index (κ2) is 3.42. The van der Waals surface area contributed by atoms with Crippen molar-refractivity contribution < 1.29 is 15.3 Å². The molecule has 5 N–H and O–H groups in total. The van der Waals surface area contributed by atoms with Gasteiger partial charge in [-0.2, -0.15) is 0 Å². The predicted molar refractivity (Wildman–Crippen MR) is 23.3 cm³/mol. The number of hydrogen-bond donors (Lipinski definition) is 2. The molecule has 0 bridgehead atoms. The maximum Gasteiger partial charge on any atom is 0.404 e. The van der Waals surface area contributed by atoms with Crippen molar-refractivity contribution in [3.05, 3.63) is 0 Å². The highest BCUT2D eigenvalue weighted by Crippen LogP contribution is 1.65. The van der Waals surface area contributed by atoms with Crippen LogP contribution in [0.25, 0.3) is 0 Å². The third-order valence-electron chi connectivity index (χ3n) is 0.389. The van der Waals surface area contributed by atoms with Crippen LogP contribution >= 0.6 is 0 Å². The van der Waals surface area contributed by atoms with Gasteiger partial charge >= 0.3 is 6.09 Å². The molecule has 0 saturated carbocycles. The van der Waals surface area contributed by atoms with Crippen LogP contribution in [-0.2, 0) is 4.74 Å². The minimum Gasteiger partial charge on any atom is -0.444 e. The maximum absolute atomic E-state index is 9.73. The zero-order chi connectivity index (χ0) is 5.70. The van der Waals surface area contributed by atoms with Crippen molar-refractivity contribution in [3.8, 4) is 0 Å². The fourth-order valence-corrected chi connectivity index (χ4v) is 0.173. The molecule has 0 radical (unpaired) electrons. The molecule has 1 amide bonds. The van der Waals surface area contributed by atoms with Crippen LogP contribution in [0.5, 0.6) is 0 Å². The molecule has 0 aliphatic carbocycles. The molecule has 4 heteroatoms. The van der Waals surface area contributed by atoms with E-state index in [9.17, 15) is 4.79 Å². The van der Waals surface area contributed by atoms with E-state index in [0.29, 0.717) is 13.2 Å². The summed E-state index contributed by atoms with van der Waals surface area (Å²) in [5, 5.41) is 0. The third-order valence-corrected chi connectivity index (χ3v) is 0.389. The van der Waals surface area contributed by atoms with E-state index in [1.807, 2.05) is 0 Å². The predicted octanol–water partition coefficient (Wildman–Crippen LogP) is -1.68. The van der Waals surface area contributed by atoms with E-state index in [1.165, 1.54) is 0 Å². The number of rotatable bonds is 2. The van der Waals surface area contributed by atoms with Crippen LogP contribution in [0.4, 0.5) is 4.79 Å². The molecule has 0 unspecified atom stereocenters. The molecule has 0 aromatic carbocycles. The van der Waals surface area contributed by atoms with Crippen LogP contribution in [0, 0.1) is 0 Å². The van der Waals surface area contributed by atoms with Crippen molar-refractivity contribution in [2.45, 2.75) is 0 Å². The summed E-state index contributed by atoms with van der Waals surface area (Å²) >= 11 is 0. The van der Waals surface area contributed by atoms with Crippen LogP contribution in [0.2, 0.25) is 0 Å². The zero-order valence-corrected chi connectivity index (χ0v) is 4.02. The average Bonchev–Trinajstić information content (AvgIpc) is 1.61. The summed E-state index contributed by atoms with van der Waals surface area (Å²) in [6.07, 6.45) is -0.733. The summed E-state index contributed by atoms with van der Waals surface area (Å²) in [4.78, 5) is 9.73. The first-order valence-electron chi connectivity index (χ1n) is 1.99. The molecular weight excluding hydrogens is 96.0 g/mol. The quantitative estimate of drug-likeness (QED) is 0.440. The van der Waals surface area contributed by atoms with Crippen molar-refractivity contribution in [2.24, 2.45) is 5.73 Å². The summed E-state index contributed by atoms with van der Waals surface area (Å²) in [5.74, 6) is 0. The van der Waals surface area contributed by atoms with Gasteiger partial charge in [0.25, 0.3) is 0 Å². The van der Waals surface area contributed by atoms with Gasteiger partial charge in [-0.05, 0) is 0 Å². The summed E-state index contributed by atoms with van der Waals surface area (Å²) in [6, 6.07) is 0. The molecule has 7 heavy (non-hydrogen) atoms. The van der Waals surface area contributed by atoms with Crippen molar-refractivity contribution in [2.75, 3.05) is 13.2 Å². The summed E-state index contributed by atoms with van der Waals surface area (Å²) in [6.45, 7) is 0.887. The van der Waals surface area contributed by atoms with Gasteiger partial charge < -0.3 is 16.2 Å². The van der Waals surface area contributed by atoms with Crippen molar-refractivity contribution in [3.63, 3.8) is 0 Å². The molecule has 0 saturated heterocycles. The van der Waals surface area contributed by atoms with Crippen LogP contribution in [0.1, 0.15) is 0 Å². The van der Waals surface area contributed by atoms with Gasteiger partial charge in [0.05, 0.1) is 0 Å². The topological polar surface area (TPSA) is 80.0 Å². The molecule has 0 rings (SSSR count). The first-order chi connectivity index (χ1) is 3.27. The Morgan fingerprint density at radius 3 is 2.57 bits per heavy atom. The highest BCUT2D eigenvalue weighted by Gasteiger charge is 1.88. The molecule has 0 aromatic heterocycles. The zero-order valence-electron chi connectivity index (χ0n) is 4.02. The van der Waals surface area contributed by atoms with Gasteiger partial charge in [0.1, 0.15) is 13.2 Å². The summed E-state index contributed by atoms with van der Waals surface area (Å²) in [7, 11) is 0. The fraction of sp³-hybridized carbons (Fsp3) is 0.667. The molecular formula is C3H9N2O2+. The van der Waals surface area contributed by atoms with E-state index in [4.69, 9.17) is 0 Å². The molecule has 0 aromatic rings. The van der Waals surface area contributed by atoms with E-state index < -0.39 is 6.09 Å². The van der Waals surface area contributed by atoms with E-state index in [2.05, 4.69) is 16.2 Å². The number of amides is 1. The second-order valence-electron chi connectivity index (χ2n) is 1.02.